The monoisotopic (exact) mass is 390 g/mol. The Morgan fingerprint density at radius 1 is 1.14 bits per heavy atom. The smallest absolute Gasteiger partial charge is 0.227 e. The van der Waals surface area contributed by atoms with Gasteiger partial charge in [0.05, 0.1) is 11.9 Å². The summed E-state index contributed by atoms with van der Waals surface area (Å²) in [6, 6.07) is 10.0. The van der Waals surface area contributed by atoms with E-state index in [0.717, 1.165) is 25.9 Å². The molecule has 2 N–H and O–H groups in total. The van der Waals surface area contributed by atoms with Crippen LogP contribution in [-0.2, 0) is 0 Å². The Kier molecular flexibility index (Phi) is 5.59. The number of ether oxygens (including phenoxy) is 1. The second-order valence-electron chi connectivity index (χ2n) is 6.70. The number of hydrogen-bond donors (Lipinski definition) is 2. The highest BCUT2D eigenvalue weighted by Crippen LogP contribution is 2.25. The van der Waals surface area contributed by atoms with Crippen molar-refractivity contribution in [3.8, 4) is 22.9 Å². The van der Waals surface area contributed by atoms with Gasteiger partial charge >= 0.3 is 0 Å². The normalized spacial score (nSPS) is 16.1. The summed E-state index contributed by atoms with van der Waals surface area (Å²) in [6.45, 7) is 1.72. The number of nitriles is 1. The van der Waals surface area contributed by atoms with Gasteiger partial charge in [-0.05, 0) is 37.1 Å². The fourth-order valence-electron chi connectivity index (χ4n) is 3.13. The Bertz CT molecular complexity index is 1030. The van der Waals surface area contributed by atoms with Gasteiger partial charge in [0.15, 0.2) is 11.4 Å². The molecule has 1 aliphatic heterocycles. The number of hydrogen-bond acceptors (Lipinski definition) is 7. The first-order valence-electron chi connectivity index (χ1n) is 9.34. The molecule has 4 rings (SSSR count). The van der Waals surface area contributed by atoms with Crippen molar-refractivity contribution in [1.82, 2.24) is 20.3 Å². The molecular weight excluding hydrogens is 371 g/mol. The lowest BCUT2D eigenvalue weighted by Crippen LogP contribution is -2.37. The molecule has 1 fully saturated rings. The molecule has 0 amide bonds. The van der Waals surface area contributed by atoms with Crippen LogP contribution >= 0.6 is 0 Å². The first kappa shape index (κ1) is 18.8. The van der Waals surface area contributed by atoms with Crippen LogP contribution in [0.4, 0.5) is 16.0 Å². The van der Waals surface area contributed by atoms with Gasteiger partial charge in [-0.25, -0.2) is 19.3 Å². The SMILES string of the molecule is N#Cc1ncc(Nc2ncc(-c3cccc(F)c3)cn2)cc1OC1CCCNC1. The van der Waals surface area contributed by atoms with Crippen LogP contribution in [0.5, 0.6) is 5.75 Å². The molecule has 7 nitrogen and oxygen atoms in total. The van der Waals surface area contributed by atoms with Crippen LogP contribution in [0.25, 0.3) is 11.1 Å². The van der Waals surface area contributed by atoms with Crippen LogP contribution in [0, 0.1) is 17.1 Å². The fraction of sp³-hybridized carbons (Fsp3) is 0.238. The van der Waals surface area contributed by atoms with Gasteiger partial charge in [-0.3, -0.25) is 0 Å². The molecule has 0 radical (unpaired) electrons. The van der Waals surface area contributed by atoms with E-state index in [-0.39, 0.29) is 17.6 Å². The number of aromatic nitrogens is 3. The molecule has 29 heavy (non-hydrogen) atoms. The van der Waals surface area contributed by atoms with Crippen LogP contribution < -0.4 is 15.4 Å². The maximum Gasteiger partial charge on any atom is 0.227 e. The van der Waals surface area contributed by atoms with E-state index < -0.39 is 0 Å². The molecule has 3 aromatic rings. The fourth-order valence-corrected chi connectivity index (χ4v) is 3.13. The van der Waals surface area contributed by atoms with E-state index in [2.05, 4.69) is 31.7 Å². The third-order valence-electron chi connectivity index (χ3n) is 4.57. The lowest BCUT2D eigenvalue weighted by Gasteiger charge is -2.24. The first-order chi connectivity index (χ1) is 14.2. The van der Waals surface area contributed by atoms with Crippen molar-refractivity contribution < 1.29 is 9.13 Å². The van der Waals surface area contributed by atoms with Crippen molar-refractivity contribution in [2.24, 2.45) is 0 Å². The van der Waals surface area contributed by atoms with E-state index in [0.29, 0.717) is 28.5 Å². The highest BCUT2D eigenvalue weighted by atomic mass is 19.1. The number of benzene rings is 1. The quantitative estimate of drug-likeness (QED) is 0.689. The van der Waals surface area contributed by atoms with Gasteiger partial charge < -0.3 is 15.4 Å². The third kappa shape index (κ3) is 4.65. The number of nitrogens with zero attached hydrogens (tertiary/aromatic N) is 4. The number of pyridine rings is 1. The lowest BCUT2D eigenvalue weighted by molar-refractivity contribution is 0.166. The van der Waals surface area contributed by atoms with Gasteiger partial charge in [0.25, 0.3) is 0 Å². The maximum atomic E-state index is 13.4. The standard InChI is InChI=1S/C21H19FN6O/c22-16-4-1-3-14(7-16)15-10-26-21(27-11-15)28-17-8-20(19(9-23)25-12-17)29-18-5-2-6-24-13-18/h1,3-4,7-8,10-12,18,24H,2,5-6,13H2,(H,26,27,28). The highest BCUT2D eigenvalue weighted by Gasteiger charge is 2.17. The topological polar surface area (TPSA) is 95.8 Å². The Balaban J connectivity index is 1.50. The summed E-state index contributed by atoms with van der Waals surface area (Å²) in [5.41, 5.74) is 2.26. The predicted molar refractivity (Wildman–Crippen MR) is 106 cm³/mol. The minimum absolute atomic E-state index is 0.00898. The van der Waals surface area contributed by atoms with Crippen molar-refractivity contribution in [1.29, 1.82) is 5.26 Å². The molecule has 146 valence electrons. The zero-order valence-corrected chi connectivity index (χ0v) is 15.6. The highest BCUT2D eigenvalue weighted by molar-refractivity contribution is 5.63. The molecular formula is C21H19FN6O. The molecule has 1 aliphatic rings. The molecule has 0 spiro atoms. The zero-order valence-electron chi connectivity index (χ0n) is 15.6. The molecule has 1 atom stereocenters. The summed E-state index contributed by atoms with van der Waals surface area (Å²) in [6.07, 6.45) is 6.74. The van der Waals surface area contributed by atoms with Gasteiger partial charge in [0.1, 0.15) is 18.0 Å². The summed E-state index contributed by atoms with van der Waals surface area (Å²) in [4.78, 5) is 12.7. The molecule has 3 heterocycles. The lowest BCUT2D eigenvalue weighted by atomic mass is 10.1. The van der Waals surface area contributed by atoms with E-state index in [1.54, 1.807) is 30.6 Å². The van der Waals surface area contributed by atoms with E-state index >= 15 is 0 Å². The van der Waals surface area contributed by atoms with Crippen LogP contribution in [0.2, 0.25) is 0 Å². The molecule has 2 aromatic heterocycles. The number of halogens is 1. The van der Waals surface area contributed by atoms with Crippen molar-refractivity contribution >= 4 is 11.6 Å². The van der Waals surface area contributed by atoms with Gasteiger partial charge in [0.2, 0.25) is 5.95 Å². The summed E-state index contributed by atoms with van der Waals surface area (Å²) in [7, 11) is 0. The van der Waals surface area contributed by atoms with Crippen molar-refractivity contribution in [3.63, 3.8) is 0 Å². The zero-order chi connectivity index (χ0) is 20.1. The van der Waals surface area contributed by atoms with Crippen LogP contribution in [0.1, 0.15) is 18.5 Å². The average molecular weight is 390 g/mol. The number of nitrogens with one attached hydrogen (secondary N) is 2. The van der Waals surface area contributed by atoms with Crippen LogP contribution in [0.15, 0.2) is 48.9 Å². The predicted octanol–water partition coefficient (Wildman–Crippen LogP) is 3.42. The van der Waals surface area contributed by atoms with Crippen molar-refractivity contribution in [2.75, 3.05) is 18.4 Å². The largest absolute Gasteiger partial charge is 0.486 e. The van der Waals surface area contributed by atoms with E-state index in [1.165, 1.54) is 18.3 Å². The summed E-state index contributed by atoms with van der Waals surface area (Å²) >= 11 is 0. The number of rotatable bonds is 5. The summed E-state index contributed by atoms with van der Waals surface area (Å²) < 4.78 is 19.4. The molecule has 0 bridgehead atoms. The van der Waals surface area contributed by atoms with E-state index in [9.17, 15) is 9.65 Å². The van der Waals surface area contributed by atoms with Gasteiger partial charge in [-0.15, -0.1) is 0 Å². The van der Waals surface area contributed by atoms with Crippen molar-refractivity contribution in [3.05, 3.63) is 60.4 Å². The Morgan fingerprint density at radius 3 is 2.72 bits per heavy atom. The summed E-state index contributed by atoms with van der Waals surface area (Å²) in [5.74, 6) is 0.485. The molecule has 1 saturated heterocycles. The molecule has 1 aromatic carbocycles. The van der Waals surface area contributed by atoms with E-state index in [4.69, 9.17) is 4.74 Å². The Morgan fingerprint density at radius 2 is 2.00 bits per heavy atom. The second kappa shape index (κ2) is 8.63. The van der Waals surface area contributed by atoms with Gasteiger partial charge in [-0.1, -0.05) is 12.1 Å². The van der Waals surface area contributed by atoms with E-state index in [1.807, 2.05) is 0 Å². The van der Waals surface area contributed by atoms with Gasteiger partial charge in [0, 0.05) is 30.6 Å². The van der Waals surface area contributed by atoms with Crippen LogP contribution in [-0.4, -0.2) is 34.1 Å². The minimum atomic E-state index is -0.311. The summed E-state index contributed by atoms with van der Waals surface area (Å²) in [5, 5.41) is 15.6. The Labute approximate surface area is 167 Å². The molecule has 1 unspecified atom stereocenters. The Hall–Kier alpha value is -3.57. The third-order valence-corrected chi connectivity index (χ3v) is 4.57. The number of piperidine rings is 1. The first-order valence-corrected chi connectivity index (χ1v) is 9.34. The maximum absolute atomic E-state index is 13.4. The molecule has 0 saturated carbocycles. The minimum Gasteiger partial charge on any atom is -0.486 e. The van der Waals surface area contributed by atoms with Crippen LogP contribution in [0.3, 0.4) is 0 Å². The molecule has 8 heteroatoms. The number of anilines is 2. The van der Waals surface area contributed by atoms with Gasteiger partial charge in [-0.2, -0.15) is 5.26 Å². The van der Waals surface area contributed by atoms with Crippen molar-refractivity contribution in [2.45, 2.75) is 18.9 Å². The molecule has 0 aliphatic carbocycles. The average Bonchev–Trinajstić information content (AvgIpc) is 2.75. The second-order valence-corrected chi connectivity index (χ2v) is 6.70.